The van der Waals surface area contributed by atoms with E-state index in [1.54, 1.807) is 6.07 Å². The SMILES string of the molecule is CC(C)(C)c1ccc(CC(=O)c2cccc(Br)c2Cl)cc1. The van der Waals surface area contributed by atoms with Gasteiger partial charge in [-0.15, -0.1) is 0 Å². The zero-order chi connectivity index (χ0) is 15.6. The first-order valence-corrected chi connectivity index (χ1v) is 8.03. The lowest BCUT2D eigenvalue weighted by Gasteiger charge is -2.19. The molecule has 2 rings (SSSR count). The molecule has 0 saturated carbocycles. The lowest BCUT2D eigenvalue weighted by atomic mass is 9.86. The molecule has 0 bridgehead atoms. The number of carbonyl (C=O) groups is 1. The standard InChI is InChI=1S/C18H18BrClO/c1-18(2,3)13-9-7-12(8-10-13)11-16(21)14-5-4-6-15(19)17(14)20/h4-10H,11H2,1-3H3. The maximum Gasteiger partial charge on any atom is 0.168 e. The van der Waals surface area contributed by atoms with Gasteiger partial charge in [-0.05, 0) is 44.6 Å². The molecule has 0 aromatic heterocycles. The van der Waals surface area contributed by atoms with Gasteiger partial charge in [-0.3, -0.25) is 4.79 Å². The van der Waals surface area contributed by atoms with E-state index in [1.165, 1.54) is 5.56 Å². The van der Waals surface area contributed by atoms with Crippen LogP contribution in [0.1, 0.15) is 42.3 Å². The third kappa shape index (κ3) is 3.96. The number of carbonyl (C=O) groups excluding carboxylic acids is 1. The van der Waals surface area contributed by atoms with Crippen LogP contribution >= 0.6 is 27.5 Å². The molecule has 3 heteroatoms. The molecule has 0 N–H and O–H groups in total. The number of ketones is 1. The van der Waals surface area contributed by atoms with E-state index in [0.29, 0.717) is 17.0 Å². The molecule has 1 nitrogen and oxygen atoms in total. The Morgan fingerprint density at radius 2 is 1.71 bits per heavy atom. The van der Waals surface area contributed by atoms with Gasteiger partial charge in [0.15, 0.2) is 5.78 Å². The largest absolute Gasteiger partial charge is 0.294 e. The summed E-state index contributed by atoms with van der Waals surface area (Å²) < 4.78 is 0.748. The fraction of sp³-hybridized carbons (Fsp3) is 0.278. The van der Waals surface area contributed by atoms with Crippen molar-refractivity contribution in [3.63, 3.8) is 0 Å². The Kier molecular flexibility index (Phi) is 4.90. The predicted octanol–water partition coefficient (Wildman–Crippen LogP) is 5.83. The number of rotatable bonds is 3. The van der Waals surface area contributed by atoms with E-state index in [4.69, 9.17) is 11.6 Å². The third-order valence-corrected chi connectivity index (χ3v) is 4.73. The van der Waals surface area contributed by atoms with E-state index in [9.17, 15) is 4.79 Å². The zero-order valence-corrected chi connectivity index (χ0v) is 14.8. The van der Waals surface area contributed by atoms with Gasteiger partial charge < -0.3 is 0 Å². The van der Waals surface area contributed by atoms with Crippen molar-refractivity contribution >= 4 is 33.3 Å². The average Bonchev–Trinajstić information content (AvgIpc) is 2.41. The monoisotopic (exact) mass is 364 g/mol. The molecule has 0 aliphatic heterocycles. The summed E-state index contributed by atoms with van der Waals surface area (Å²) in [5.74, 6) is 0.0322. The fourth-order valence-corrected chi connectivity index (χ4v) is 2.72. The van der Waals surface area contributed by atoms with Gasteiger partial charge in [0.2, 0.25) is 0 Å². The molecule has 2 aromatic rings. The molecule has 110 valence electrons. The number of hydrogen-bond donors (Lipinski definition) is 0. The van der Waals surface area contributed by atoms with Crippen molar-refractivity contribution in [2.45, 2.75) is 32.6 Å². The van der Waals surface area contributed by atoms with Crippen LogP contribution in [0.15, 0.2) is 46.9 Å². The van der Waals surface area contributed by atoms with Gasteiger partial charge in [0, 0.05) is 16.5 Å². The van der Waals surface area contributed by atoms with E-state index in [2.05, 4.69) is 48.8 Å². The minimum atomic E-state index is 0.0322. The summed E-state index contributed by atoms with van der Waals surface area (Å²) in [6.45, 7) is 6.53. The lowest BCUT2D eigenvalue weighted by molar-refractivity contribution is 0.0993. The number of hydrogen-bond acceptors (Lipinski definition) is 1. The molecule has 0 saturated heterocycles. The molecular formula is C18H18BrClO. The van der Waals surface area contributed by atoms with Gasteiger partial charge in [0.05, 0.1) is 5.02 Å². The third-order valence-electron chi connectivity index (χ3n) is 3.44. The van der Waals surface area contributed by atoms with Gasteiger partial charge in [-0.25, -0.2) is 0 Å². The van der Waals surface area contributed by atoms with Gasteiger partial charge in [0.1, 0.15) is 0 Å². The molecule has 0 atom stereocenters. The van der Waals surface area contributed by atoms with E-state index in [-0.39, 0.29) is 11.2 Å². The summed E-state index contributed by atoms with van der Waals surface area (Å²) >= 11 is 9.52. The normalized spacial score (nSPS) is 11.5. The summed E-state index contributed by atoms with van der Waals surface area (Å²) in [5, 5.41) is 0.480. The quantitative estimate of drug-likeness (QED) is 0.626. The van der Waals surface area contributed by atoms with Crippen LogP contribution < -0.4 is 0 Å². The topological polar surface area (TPSA) is 17.1 Å². The van der Waals surface area contributed by atoms with Crippen molar-refractivity contribution < 1.29 is 4.79 Å². The fourth-order valence-electron chi connectivity index (χ4n) is 2.12. The molecule has 0 radical (unpaired) electrons. The molecule has 0 fully saturated rings. The maximum atomic E-state index is 12.4. The van der Waals surface area contributed by atoms with Crippen molar-refractivity contribution in [3.05, 3.63) is 68.7 Å². The van der Waals surface area contributed by atoms with Crippen LogP contribution in [0.25, 0.3) is 0 Å². The molecule has 0 heterocycles. The second kappa shape index (κ2) is 6.33. The summed E-state index contributed by atoms with van der Waals surface area (Å²) in [7, 11) is 0. The summed E-state index contributed by atoms with van der Waals surface area (Å²) in [6, 6.07) is 13.6. The highest BCUT2D eigenvalue weighted by atomic mass is 79.9. The first-order valence-electron chi connectivity index (χ1n) is 6.85. The van der Waals surface area contributed by atoms with Crippen molar-refractivity contribution in [2.24, 2.45) is 0 Å². The highest BCUT2D eigenvalue weighted by Crippen LogP contribution is 2.27. The summed E-state index contributed by atoms with van der Waals surface area (Å²) in [5.41, 5.74) is 2.95. The second-order valence-electron chi connectivity index (χ2n) is 6.15. The summed E-state index contributed by atoms with van der Waals surface area (Å²) in [6.07, 6.45) is 0.362. The average molecular weight is 366 g/mol. The molecule has 0 amide bonds. The number of Topliss-reactive ketones (excluding diaryl/α,β-unsaturated/α-hetero) is 1. The minimum absolute atomic E-state index is 0.0322. The van der Waals surface area contributed by atoms with Crippen LogP contribution in [-0.4, -0.2) is 5.78 Å². The Bertz CT molecular complexity index is 654. The van der Waals surface area contributed by atoms with Crippen LogP contribution in [-0.2, 0) is 11.8 Å². The Balaban J connectivity index is 2.18. The molecule has 0 aliphatic carbocycles. The summed E-state index contributed by atoms with van der Waals surface area (Å²) in [4.78, 5) is 12.4. The molecular weight excluding hydrogens is 348 g/mol. The van der Waals surface area contributed by atoms with E-state index in [0.717, 1.165) is 10.0 Å². The van der Waals surface area contributed by atoms with E-state index < -0.39 is 0 Å². The highest BCUT2D eigenvalue weighted by Gasteiger charge is 2.15. The Morgan fingerprint density at radius 3 is 2.29 bits per heavy atom. The lowest BCUT2D eigenvalue weighted by Crippen LogP contribution is -2.11. The maximum absolute atomic E-state index is 12.4. The Morgan fingerprint density at radius 1 is 1.10 bits per heavy atom. The van der Waals surface area contributed by atoms with Gasteiger partial charge in [-0.2, -0.15) is 0 Å². The van der Waals surface area contributed by atoms with Crippen LogP contribution in [0.5, 0.6) is 0 Å². The van der Waals surface area contributed by atoms with Crippen LogP contribution in [0, 0.1) is 0 Å². The number of halogens is 2. The molecule has 0 aliphatic rings. The zero-order valence-electron chi connectivity index (χ0n) is 12.4. The molecule has 2 aromatic carbocycles. The van der Waals surface area contributed by atoms with E-state index >= 15 is 0 Å². The van der Waals surface area contributed by atoms with Crippen LogP contribution in [0.3, 0.4) is 0 Å². The minimum Gasteiger partial charge on any atom is -0.294 e. The van der Waals surface area contributed by atoms with Crippen LogP contribution in [0.2, 0.25) is 5.02 Å². The second-order valence-corrected chi connectivity index (χ2v) is 7.38. The van der Waals surface area contributed by atoms with Gasteiger partial charge in [-0.1, -0.05) is 62.7 Å². The Hall–Kier alpha value is -1.12. The van der Waals surface area contributed by atoms with Gasteiger partial charge >= 0.3 is 0 Å². The van der Waals surface area contributed by atoms with Crippen molar-refractivity contribution in [1.82, 2.24) is 0 Å². The van der Waals surface area contributed by atoms with Crippen LogP contribution in [0.4, 0.5) is 0 Å². The molecule has 21 heavy (non-hydrogen) atoms. The van der Waals surface area contributed by atoms with Gasteiger partial charge in [0.25, 0.3) is 0 Å². The Labute approximate surface area is 139 Å². The number of benzene rings is 2. The van der Waals surface area contributed by atoms with Crippen molar-refractivity contribution in [1.29, 1.82) is 0 Å². The highest BCUT2D eigenvalue weighted by molar-refractivity contribution is 9.10. The molecule has 0 spiro atoms. The molecule has 0 unspecified atom stereocenters. The van der Waals surface area contributed by atoms with Crippen molar-refractivity contribution in [2.75, 3.05) is 0 Å². The predicted molar refractivity (Wildman–Crippen MR) is 92.3 cm³/mol. The smallest absolute Gasteiger partial charge is 0.168 e. The van der Waals surface area contributed by atoms with E-state index in [1.807, 2.05) is 24.3 Å². The first kappa shape index (κ1) is 16.3. The first-order chi connectivity index (χ1) is 9.79. The van der Waals surface area contributed by atoms with Crippen molar-refractivity contribution in [3.8, 4) is 0 Å².